The second kappa shape index (κ2) is 7.12. The number of amides is 2. The number of nitrogens with one attached hydrogen (secondary N) is 2. The minimum Gasteiger partial charge on any atom is -0.484 e. The van der Waals surface area contributed by atoms with E-state index in [-0.39, 0.29) is 30.2 Å². The number of benzene rings is 2. The number of carbonyl (C=O) groups is 2. The number of hydrogen-bond acceptors (Lipinski definition) is 3. The van der Waals surface area contributed by atoms with Crippen LogP contribution in [0.5, 0.6) is 5.75 Å². The van der Waals surface area contributed by atoms with Crippen molar-refractivity contribution in [3.8, 4) is 5.75 Å². The van der Waals surface area contributed by atoms with E-state index in [0.29, 0.717) is 18.7 Å². The zero-order valence-corrected chi connectivity index (χ0v) is 12.9. The van der Waals surface area contributed by atoms with Crippen LogP contribution < -0.4 is 15.4 Å². The SMILES string of the molecule is O=C(COc1ccc(F)cc1)NCCC1C(=O)Nc2ccccc21. The summed E-state index contributed by atoms with van der Waals surface area (Å²) in [7, 11) is 0. The second-order valence-electron chi connectivity index (χ2n) is 5.51. The van der Waals surface area contributed by atoms with Gasteiger partial charge >= 0.3 is 0 Å². The van der Waals surface area contributed by atoms with Crippen LogP contribution in [0.25, 0.3) is 0 Å². The lowest BCUT2D eigenvalue weighted by molar-refractivity contribution is -0.123. The van der Waals surface area contributed by atoms with Gasteiger partial charge in [0.25, 0.3) is 5.91 Å². The summed E-state index contributed by atoms with van der Waals surface area (Å²) in [6, 6.07) is 13.0. The summed E-state index contributed by atoms with van der Waals surface area (Å²) in [6.45, 7) is 0.219. The summed E-state index contributed by atoms with van der Waals surface area (Å²) < 4.78 is 18.0. The molecule has 2 amide bonds. The quantitative estimate of drug-likeness (QED) is 0.856. The molecule has 124 valence electrons. The van der Waals surface area contributed by atoms with Crippen molar-refractivity contribution in [3.05, 3.63) is 59.9 Å². The van der Waals surface area contributed by atoms with E-state index in [4.69, 9.17) is 4.74 Å². The molecule has 2 aromatic carbocycles. The first-order chi connectivity index (χ1) is 11.6. The molecule has 0 radical (unpaired) electrons. The number of para-hydroxylation sites is 1. The molecule has 0 aromatic heterocycles. The summed E-state index contributed by atoms with van der Waals surface area (Å²) in [5.41, 5.74) is 1.79. The first kappa shape index (κ1) is 16.0. The molecule has 6 heteroatoms. The zero-order chi connectivity index (χ0) is 16.9. The summed E-state index contributed by atoms with van der Waals surface area (Å²) in [5.74, 6) is -0.517. The van der Waals surface area contributed by atoms with E-state index >= 15 is 0 Å². The van der Waals surface area contributed by atoms with Crippen molar-refractivity contribution in [2.45, 2.75) is 12.3 Å². The van der Waals surface area contributed by atoms with Gasteiger partial charge < -0.3 is 15.4 Å². The number of halogens is 1. The fourth-order valence-corrected chi connectivity index (χ4v) is 2.65. The van der Waals surface area contributed by atoms with Gasteiger partial charge in [-0.15, -0.1) is 0 Å². The van der Waals surface area contributed by atoms with Crippen molar-refractivity contribution in [2.75, 3.05) is 18.5 Å². The summed E-state index contributed by atoms with van der Waals surface area (Å²) in [5, 5.41) is 5.55. The van der Waals surface area contributed by atoms with Crippen LogP contribution in [0.3, 0.4) is 0 Å². The normalized spacial score (nSPS) is 15.5. The van der Waals surface area contributed by atoms with Crippen LogP contribution in [0.4, 0.5) is 10.1 Å². The van der Waals surface area contributed by atoms with Crippen LogP contribution in [-0.2, 0) is 9.59 Å². The average Bonchev–Trinajstić information content (AvgIpc) is 2.90. The lowest BCUT2D eigenvalue weighted by Crippen LogP contribution is -2.31. The van der Waals surface area contributed by atoms with Crippen molar-refractivity contribution in [2.24, 2.45) is 0 Å². The molecule has 1 aliphatic heterocycles. The Morgan fingerprint density at radius 3 is 2.71 bits per heavy atom. The number of hydrogen-bond donors (Lipinski definition) is 2. The number of ether oxygens (including phenoxy) is 1. The fourth-order valence-electron chi connectivity index (χ4n) is 2.65. The van der Waals surface area contributed by atoms with Crippen molar-refractivity contribution in [3.63, 3.8) is 0 Å². The number of anilines is 1. The van der Waals surface area contributed by atoms with Gasteiger partial charge in [0.2, 0.25) is 5.91 Å². The maximum Gasteiger partial charge on any atom is 0.257 e. The maximum atomic E-state index is 12.8. The highest BCUT2D eigenvalue weighted by Crippen LogP contribution is 2.33. The molecular formula is C18H17FN2O3. The molecule has 5 nitrogen and oxygen atoms in total. The van der Waals surface area contributed by atoms with E-state index in [1.807, 2.05) is 24.3 Å². The van der Waals surface area contributed by atoms with Gasteiger partial charge in [0.1, 0.15) is 11.6 Å². The van der Waals surface area contributed by atoms with E-state index in [1.165, 1.54) is 24.3 Å². The van der Waals surface area contributed by atoms with Gasteiger partial charge in [-0.25, -0.2) is 4.39 Å². The Morgan fingerprint density at radius 1 is 1.17 bits per heavy atom. The molecule has 1 heterocycles. The number of rotatable bonds is 6. The van der Waals surface area contributed by atoms with Crippen LogP contribution in [0.2, 0.25) is 0 Å². The Labute approximate surface area is 138 Å². The zero-order valence-electron chi connectivity index (χ0n) is 12.9. The summed E-state index contributed by atoms with van der Waals surface area (Å²) in [4.78, 5) is 23.7. The van der Waals surface area contributed by atoms with Crippen LogP contribution >= 0.6 is 0 Å². The van der Waals surface area contributed by atoms with Gasteiger partial charge in [0, 0.05) is 12.2 Å². The summed E-state index contributed by atoms with van der Waals surface area (Å²) in [6.07, 6.45) is 0.519. The molecule has 0 saturated heterocycles. The molecule has 24 heavy (non-hydrogen) atoms. The first-order valence-corrected chi connectivity index (χ1v) is 7.68. The molecule has 0 saturated carbocycles. The smallest absolute Gasteiger partial charge is 0.257 e. The molecular weight excluding hydrogens is 311 g/mol. The maximum absolute atomic E-state index is 12.8. The molecule has 1 unspecified atom stereocenters. The fraction of sp³-hybridized carbons (Fsp3) is 0.222. The van der Waals surface area contributed by atoms with Gasteiger partial charge in [-0.3, -0.25) is 9.59 Å². The Hall–Kier alpha value is -2.89. The van der Waals surface area contributed by atoms with Crippen LogP contribution in [0.15, 0.2) is 48.5 Å². The monoisotopic (exact) mass is 328 g/mol. The first-order valence-electron chi connectivity index (χ1n) is 7.68. The van der Waals surface area contributed by atoms with Crippen molar-refractivity contribution in [1.29, 1.82) is 0 Å². The van der Waals surface area contributed by atoms with Gasteiger partial charge in [-0.1, -0.05) is 18.2 Å². The third-order valence-corrected chi connectivity index (χ3v) is 3.85. The van der Waals surface area contributed by atoms with Gasteiger partial charge in [0.15, 0.2) is 6.61 Å². The van der Waals surface area contributed by atoms with Crippen molar-refractivity contribution in [1.82, 2.24) is 5.32 Å². The summed E-state index contributed by atoms with van der Waals surface area (Å²) >= 11 is 0. The molecule has 2 aromatic rings. The van der Waals surface area contributed by atoms with Crippen molar-refractivity contribution < 1.29 is 18.7 Å². The molecule has 1 aliphatic rings. The van der Waals surface area contributed by atoms with Gasteiger partial charge in [-0.05, 0) is 42.3 Å². The minimum absolute atomic E-state index is 0.0481. The van der Waals surface area contributed by atoms with Crippen LogP contribution in [-0.4, -0.2) is 25.0 Å². The largest absolute Gasteiger partial charge is 0.484 e. The highest BCUT2D eigenvalue weighted by atomic mass is 19.1. The Balaban J connectivity index is 1.44. The van der Waals surface area contributed by atoms with E-state index in [2.05, 4.69) is 10.6 Å². The molecule has 0 fully saturated rings. The highest BCUT2D eigenvalue weighted by Gasteiger charge is 2.29. The van der Waals surface area contributed by atoms with Crippen molar-refractivity contribution >= 4 is 17.5 Å². The molecule has 0 aliphatic carbocycles. The van der Waals surface area contributed by atoms with E-state index in [9.17, 15) is 14.0 Å². The third kappa shape index (κ3) is 3.71. The van der Waals surface area contributed by atoms with Gasteiger partial charge in [-0.2, -0.15) is 0 Å². The number of carbonyl (C=O) groups excluding carboxylic acids is 2. The lowest BCUT2D eigenvalue weighted by atomic mass is 9.97. The highest BCUT2D eigenvalue weighted by molar-refractivity contribution is 6.02. The van der Waals surface area contributed by atoms with E-state index in [0.717, 1.165) is 11.3 Å². The minimum atomic E-state index is -0.359. The Morgan fingerprint density at radius 2 is 1.92 bits per heavy atom. The second-order valence-corrected chi connectivity index (χ2v) is 5.51. The predicted molar refractivity (Wildman–Crippen MR) is 87.3 cm³/mol. The average molecular weight is 328 g/mol. The predicted octanol–water partition coefficient (Wildman–Crippen LogP) is 2.45. The van der Waals surface area contributed by atoms with Gasteiger partial charge in [0.05, 0.1) is 5.92 Å². The molecule has 2 N–H and O–H groups in total. The molecule has 0 bridgehead atoms. The molecule has 0 spiro atoms. The van der Waals surface area contributed by atoms with E-state index in [1.54, 1.807) is 0 Å². The lowest BCUT2D eigenvalue weighted by Gasteiger charge is -2.10. The number of fused-ring (bicyclic) bond motifs is 1. The van der Waals surface area contributed by atoms with Crippen LogP contribution in [0, 0.1) is 5.82 Å². The van der Waals surface area contributed by atoms with E-state index < -0.39 is 0 Å². The Kier molecular flexibility index (Phi) is 4.74. The standard InChI is InChI=1S/C18H17FN2O3/c19-12-5-7-13(8-6-12)24-11-17(22)20-10-9-15-14-3-1-2-4-16(14)21-18(15)23/h1-8,15H,9-11H2,(H,20,22)(H,21,23). The topological polar surface area (TPSA) is 67.4 Å². The molecule has 1 atom stereocenters. The Bertz CT molecular complexity index is 746. The molecule has 3 rings (SSSR count). The third-order valence-electron chi connectivity index (χ3n) is 3.85. The van der Waals surface area contributed by atoms with Crippen LogP contribution in [0.1, 0.15) is 17.9 Å².